The zero-order chi connectivity index (χ0) is 17.6. The number of hydrogen-bond donors (Lipinski definition) is 0. The first-order chi connectivity index (χ1) is 12.2. The highest BCUT2D eigenvalue weighted by Crippen LogP contribution is 2.39. The molecule has 2 fully saturated rings. The van der Waals surface area contributed by atoms with Gasteiger partial charge in [-0.05, 0) is 61.1 Å². The molecular weight excluding hydrogens is 330 g/mol. The van der Waals surface area contributed by atoms with E-state index in [4.69, 9.17) is 0 Å². The predicted octanol–water partition coefficient (Wildman–Crippen LogP) is 7.07. The first-order valence-electron chi connectivity index (χ1n) is 10.6. The maximum absolute atomic E-state index is 13.4. The number of benzene rings is 1. The summed E-state index contributed by atoms with van der Waals surface area (Å²) in [6.07, 6.45) is 12.1. The van der Waals surface area contributed by atoms with E-state index in [1.165, 1.54) is 57.1 Å². The Morgan fingerprint density at radius 2 is 1.52 bits per heavy atom. The summed E-state index contributed by atoms with van der Waals surface area (Å²) in [5.74, 6) is 0.884. The Morgan fingerprint density at radius 3 is 2.12 bits per heavy atom. The van der Waals surface area contributed by atoms with Gasteiger partial charge in [-0.1, -0.05) is 63.2 Å². The molecule has 0 bridgehead atoms. The van der Waals surface area contributed by atoms with Crippen LogP contribution in [0.2, 0.25) is 18.1 Å². The topological polar surface area (TPSA) is 0 Å². The first-order valence-corrected chi connectivity index (χ1v) is 13.1. The van der Waals surface area contributed by atoms with Crippen molar-refractivity contribution in [1.82, 2.24) is 0 Å². The van der Waals surface area contributed by atoms with Gasteiger partial charge in [0.15, 0.2) is 11.6 Å². The fraction of sp³-hybridized carbons (Fsp3) is 0.727. The maximum Gasteiger partial charge on any atom is 0.159 e. The SMILES string of the molecule is CCC[SiH]1CCC(CCC2CCC(c3ccc(F)c(F)c3)CC2)CC1. The summed E-state index contributed by atoms with van der Waals surface area (Å²) in [4.78, 5) is 0. The zero-order valence-electron chi connectivity index (χ0n) is 15.8. The molecule has 0 amide bonds. The Kier molecular flexibility index (Phi) is 7.09. The molecule has 1 aliphatic carbocycles. The predicted molar refractivity (Wildman–Crippen MR) is 105 cm³/mol. The van der Waals surface area contributed by atoms with Gasteiger partial charge in [-0.25, -0.2) is 8.78 Å². The van der Waals surface area contributed by atoms with Gasteiger partial charge < -0.3 is 0 Å². The van der Waals surface area contributed by atoms with Crippen molar-refractivity contribution in [3.8, 4) is 0 Å². The van der Waals surface area contributed by atoms with Gasteiger partial charge in [0.05, 0.1) is 0 Å². The van der Waals surface area contributed by atoms with Gasteiger partial charge in [0, 0.05) is 8.80 Å². The molecule has 1 saturated heterocycles. The van der Waals surface area contributed by atoms with E-state index in [0.717, 1.165) is 30.2 Å². The van der Waals surface area contributed by atoms with Crippen molar-refractivity contribution in [2.24, 2.45) is 11.8 Å². The third kappa shape index (κ3) is 5.38. The Labute approximate surface area is 154 Å². The second kappa shape index (κ2) is 9.30. The highest BCUT2D eigenvalue weighted by molar-refractivity contribution is 6.58. The number of hydrogen-bond acceptors (Lipinski definition) is 0. The highest BCUT2D eigenvalue weighted by atomic mass is 28.3. The van der Waals surface area contributed by atoms with Crippen LogP contribution in [-0.4, -0.2) is 8.80 Å². The molecular formula is C22H34F2Si. The van der Waals surface area contributed by atoms with E-state index in [9.17, 15) is 8.78 Å². The summed E-state index contributed by atoms with van der Waals surface area (Å²) >= 11 is 0. The van der Waals surface area contributed by atoms with Gasteiger partial charge in [-0.3, -0.25) is 0 Å². The quantitative estimate of drug-likeness (QED) is 0.474. The lowest BCUT2D eigenvalue weighted by molar-refractivity contribution is 0.280. The lowest BCUT2D eigenvalue weighted by atomic mass is 9.76. The zero-order valence-corrected chi connectivity index (χ0v) is 16.9. The summed E-state index contributed by atoms with van der Waals surface area (Å²) < 4.78 is 26.5. The Hall–Kier alpha value is -0.703. The van der Waals surface area contributed by atoms with E-state index in [-0.39, 0.29) is 8.80 Å². The largest absolute Gasteiger partial charge is 0.204 e. The number of halogens is 2. The van der Waals surface area contributed by atoms with Crippen LogP contribution < -0.4 is 0 Å². The minimum Gasteiger partial charge on any atom is -0.204 e. The van der Waals surface area contributed by atoms with Crippen molar-refractivity contribution < 1.29 is 8.78 Å². The molecule has 2 aliphatic rings. The van der Waals surface area contributed by atoms with Gasteiger partial charge in [0.25, 0.3) is 0 Å². The third-order valence-electron chi connectivity index (χ3n) is 6.91. The first kappa shape index (κ1) is 19.1. The fourth-order valence-electron chi connectivity index (χ4n) is 5.24. The van der Waals surface area contributed by atoms with E-state index >= 15 is 0 Å². The van der Waals surface area contributed by atoms with Gasteiger partial charge in [-0.15, -0.1) is 0 Å². The second-order valence-electron chi connectivity index (χ2n) is 8.64. The standard InChI is InChI=1S/C22H34F2Si/c1-2-13-25-14-11-18(12-15-25)4-3-17-5-7-19(8-6-17)20-9-10-21(23)22(24)16-20/h9-10,16-19,25H,2-8,11-15H2,1H3. The van der Waals surface area contributed by atoms with E-state index in [1.807, 2.05) is 0 Å². The van der Waals surface area contributed by atoms with Gasteiger partial charge in [-0.2, -0.15) is 0 Å². The molecule has 140 valence electrons. The lowest BCUT2D eigenvalue weighted by Gasteiger charge is -2.32. The van der Waals surface area contributed by atoms with Crippen LogP contribution in [-0.2, 0) is 0 Å². The van der Waals surface area contributed by atoms with Gasteiger partial charge in [0.1, 0.15) is 0 Å². The van der Waals surface area contributed by atoms with Crippen molar-refractivity contribution >= 4 is 8.80 Å². The molecule has 1 saturated carbocycles. The molecule has 1 aromatic carbocycles. The molecule has 1 heterocycles. The summed E-state index contributed by atoms with van der Waals surface area (Å²) in [6, 6.07) is 9.25. The molecule has 0 aromatic heterocycles. The second-order valence-corrected chi connectivity index (χ2v) is 12.1. The van der Waals surface area contributed by atoms with Crippen LogP contribution in [0.4, 0.5) is 8.78 Å². The third-order valence-corrected chi connectivity index (χ3v) is 10.6. The average Bonchev–Trinajstić information content (AvgIpc) is 2.64. The molecule has 0 radical (unpaired) electrons. The number of rotatable bonds is 6. The van der Waals surface area contributed by atoms with E-state index < -0.39 is 11.6 Å². The summed E-state index contributed by atoms with van der Waals surface area (Å²) in [6.45, 7) is 2.34. The summed E-state index contributed by atoms with van der Waals surface area (Å²) in [5.41, 5.74) is 0.997. The molecule has 3 heteroatoms. The summed E-state index contributed by atoms with van der Waals surface area (Å²) in [5, 5.41) is 0. The van der Waals surface area contributed by atoms with Crippen molar-refractivity contribution in [3.05, 3.63) is 35.4 Å². The van der Waals surface area contributed by atoms with Crippen LogP contribution in [0.25, 0.3) is 0 Å². The smallest absolute Gasteiger partial charge is 0.159 e. The molecule has 0 nitrogen and oxygen atoms in total. The average molecular weight is 365 g/mol. The van der Waals surface area contributed by atoms with Crippen LogP contribution in [0.1, 0.15) is 76.2 Å². The molecule has 3 rings (SSSR count). The molecule has 25 heavy (non-hydrogen) atoms. The monoisotopic (exact) mass is 364 g/mol. The Bertz CT molecular complexity index is 529. The molecule has 0 spiro atoms. The fourth-order valence-corrected chi connectivity index (χ4v) is 8.81. The Morgan fingerprint density at radius 1 is 0.880 bits per heavy atom. The van der Waals surface area contributed by atoms with E-state index in [0.29, 0.717) is 5.92 Å². The maximum atomic E-state index is 13.4. The molecule has 1 aliphatic heterocycles. The normalized spacial score (nSPS) is 30.4. The van der Waals surface area contributed by atoms with Crippen LogP contribution >= 0.6 is 0 Å². The minimum absolute atomic E-state index is 0.332. The van der Waals surface area contributed by atoms with Crippen LogP contribution in [0.5, 0.6) is 0 Å². The van der Waals surface area contributed by atoms with Crippen molar-refractivity contribution in [2.45, 2.75) is 88.8 Å². The van der Waals surface area contributed by atoms with E-state index in [2.05, 4.69) is 6.92 Å². The Balaban J connectivity index is 1.37. The van der Waals surface area contributed by atoms with Gasteiger partial charge >= 0.3 is 0 Å². The van der Waals surface area contributed by atoms with Crippen molar-refractivity contribution in [2.75, 3.05) is 0 Å². The lowest BCUT2D eigenvalue weighted by Crippen LogP contribution is -2.22. The minimum atomic E-state index is -0.728. The molecule has 0 N–H and O–H groups in total. The van der Waals surface area contributed by atoms with Crippen LogP contribution in [0, 0.1) is 23.5 Å². The van der Waals surface area contributed by atoms with Crippen LogP contribution in [0.15, 0.2) is 18.2 Å². The van der Waals surface area contributed by atoms with Crippen LogP contribution in [0.3, 0.4) is 0 Å². The molecule has 0 atom stereocenters. The van der Waals surface area contributed by atoms with Crippen molar-refractivity contribution in [3.63, 3.8) is 0 Å². The van der Waals surface area contributed by atoms with E-state index in [1.54, 1.807) is 24.2 Å². The molecule has 1 aromatic rings. The highest BCUT2D eigenvalue weighted by Gasteiger charge is 2.25. The molecule has 0 unspecified atom stereocenters. The van der Waals surface area contributed by atoms with Crippen molar-refractivity contribution in [1.29, 1.82) is 0 Å². The summed E-state index contributed by atoms with van der Waals surface area (Å²) in [7, 11) is -0.332. The van der Waals surface area contributed by atoms with Gasteiger partial charge in [0.2, 0.25) is 0 Å².